The number of aliphatic hydroxyl groups excluding tert-OH is 2. The third-order valence-corrected chi connectivity index (χ3v) is 2.43. The lowest BCUT2D eigenvalue weighted by Gasteiger charge is -2.05. The van der Waals surface area contributed by atoms with E-state index in [-0.39, 0.29) is 6.61 Å². The highest BCUT2D eigenvalue weighted by atomic mass is 16.6. The van der Waals surface area contributed by atoms with Gasteiger partial charge in [0.05, 0.1) is 25.4 Å². The third-order valence-electron chi connectivity index (χ3n) is 2.43. The second kappa shape index (κ2) is 6.35. The average molecular weight is 188 g/mol. The first-order valence-corrected chi connectivity index (χ1v) is 5.23. The predicted molar refractivity (Wildman–Crippen MR) is 50.5 cm³/mol. The van der Waals surface area contributed by atoms with Gasteiger partial charge in [0.25, 0.3) is 0 Å². The Morgan fingerprint density at radius 2 is 1.92 bits per heavy atom. The van der Waals surface area contributed by atoms with E-state index in [1.807, 2.05) is 0 Å². The van der Waals surface area contributed by atoms with Gasteiger partial charge in [0.2, 0.25) is 0 Å². The van der Waals surface area contributed by atoms with Crippen LogP contribution in [0.25, 0.3) is 0 Å². The van der Waals surface area contributed by atoms with Crippen LogP contribution >= 0.6 is 0 Å². The smallest absolute Gasteiger partial charge is 0.0810 e. The van der Waals surface area contributed by atoms with Crippen LogP contribution in [0.2, 0.25) is 0 Å². The molecule has 1 fully saturated rings. The van der Waals surface area contributed by atoms with Gasteiger partial charge in [-0.15, -0.1) is 0 Å². The van der Waals surface area contributed by atoms with Crippen molar-refractivity contribution in [1.82, 2.24) is 0 Å². The zero-order chi connectivity index (χ0) is 9.52. The van der Waals surface area contributed by atoms with Gasteiger partial charge in [-0.05, 0) is 12.8 Å². The van der Waals surface area contributed by atoms with E-state index in [2.05, 4.69) is 0 Å². The summed E-state index contributed by atoms with van der Waals surface area (Å²) in [6.45, 7) is 0.860. The Labute approximate surface area is 79.7 Å². The topological polar surface area (TPSA) is 53.0 Å². The molecule has 0 spiro atoms. The molecule has 0 unspecified atom stereocenters. The van der Waals surface area contributed by atoms with E-state index in [1.165, 1.54) is 19.3 Å². The van der Waals surface area contributed by atoms with Crippen molar-refractivity contribution in [2.75, 3.05) is 13.2 Å². The lowest BCUT2D eigenvalue weighted by molar-refractivity contribution is 0.0860. The van der Waals surface area contributed by atoms with Gasteiger partial charge in [-0.25, -0.2) is 0 Å². The summed E-state index contributed by atoms with van der Waals surface area (Å²) in [5, 5.41) is 17.6. The van der Waals surface area contributed by atoms with E-state index in [0.717, 1.165) is 25.9 Å². The Bertz CT molecular complexity index is 123. The molecule has 1 rings (SSSR count). The van der Waals surface area contributed by atoms with Crippen molar-refractivity contribution >= 4 is 0 Å². The minimum absolute atomic E-state index is 0.101. The molecule has 1 aliphatic rings. The number of aliphatic hydroxyl groups is 2. The average Bonchev–Trinajstić information content (AvgIpc) is 2.94. The molecule has 0 aliphatic carbocycles. The molecule has 78 valence electrons. The van der Waals surface area contributed by atoms with E-state index >= 15 is 0 Å². The first kappa shape index (κ1) is 11.0. The molecule has 1 aliphatic heterocycles. The molecule has 0 aromatic heterocycles. The minimum Gasteiger partial charge on any atom is -0.394 e. The van der Waals surface area contributed by atoms with Crippen LogP contribution in [0.15, 0.2) is 0 Å². The molecular weight excluding hydrogens is 168 g/mol. The fraction of sp³-hybridized carbons (Fsp3) is 1.00. The summed E-state index contributed by atoms with van der Waals surface area (Å²) in [4.78, 5) is 0. The SMILES string of the molecule is OC[C@@H](O)CCCCCC[C@@H]1CO1. The highest BCUT2D eigenvalue weighted by molar-refractivity contribution is 4.68. The van der Waals surface area contributed by atoms with Gasteiger partial charge in [-0.1, -0.05) is 25.7 Å². The summed E-state index contributed by atoms with van der Waals surface area (Å²) in [5.74, 6) is 0. The monoisotopic (exact) mass is 188 g/mol. The summed E-state index contributed by atoms with van der Waals surface area (Å²) >= 11 is 0. The summed E-state index contributed by atoms with van der Waals surface area (Å²) in [7, 11) is 0. The molecule has 0 aromatic rings. The van der Waals surface area contributed by atoms with Crippen molar-refractivity contribution in [2.45, 2.75) is 50.7 Å². The lowest BCUT2D eigenvalue weighted by Crippen LogP contribution is -2.10. The predicted octanol–water partition coefficient (Wildman–Crippen LogP) is 1.08. The molecule has 0 radical (unpaired) electrons. The van der Waals surface area contributed by atoms with E-state index in [0.29, 0.717) is 6.10 Å². The Morgan fingerprint density at radius 3 is 2.54 bits per heavy atom. The van der Waals surface area contributed by atoms with Crippen LogP contribution in [-0.2, 0) is 4.74 Å². The first-order chi connectivity index (χ1) is 6.33. The number of unbranched alkanes of at least 4 members (excludes halogenated alkanes) is 3. The summed E-state index contributed by atoms with van der Waals surface area (Å²) in [6.07, 6.45) is 6.61. The maximum Gasteiger partial charge on any atom is 0.0810 e. The molecule has 1 heterocycles. The fourth-order valence-electron chi connectivity index (χ4n) is 1.43. The second-order valence-corrected chi connectivity index (χ2v) is 3.78. The van der Waals surface area contributed by atoms with Crippen molar-refractivity contribution in [1.29, 1.82) is 0 Å². The van der Waals surface area contributed by atoms with Crippen LogP contribution in [0, 0.1) is 0 Å². The Balaban J connectivity index is 1.72. The van der Waals surface area contributed by atoms with Gasteiger partial charge in [0.15, 0.2) is 0 Å². The normalized spacial score (nSPS) is 23.1. The molecule has 0 saturated carbocycles. The molecule has 0 amide bonds. The number of ether oxygens (including phenoxy) is 1. The molecule has 2 N–H and O–H groups in total. The van der Waals surface area contributed by atoms with Crippen molar-refractivity contribution in [2.24, 2.45) is 0 Å². The van der Waals surface area contributed by atoms with E-state index < -0.39 is 6.10 Å². The summed E-state index contributed by atoms with van der Waals surface area (Å²) in [6, 6.07) is 0. The molecule has 13 heavy (non-hydrogen) atoms. The van der Waals surface area contributed by atoms with Crippen LogP contribution in [-0.4, -0.2) is 35.6 Å². The standard InChI is InChI=1S/C10H20O3/c11-7-9(12)5-3-1-2-4-6-10-8-13-10/h9-12H,1-8H2/t9-,10+/m0/s1. The van der Waals surface area contributed by atoms with Crippen LogP contribution in [0.5, 0.6) is 0 Å². The maximum atomic E-state index is 9.04. The number of hydrogen-bond donors (Lipinski definition) is 2. The molecule has 3 nitrogen and oxygen atoms in total. The fourth-order valence-corrected chi connectivity index (χ4v) is 1.43. The molecule has 0 bridgehead atoms. The van der Waals surface area contributed by atoms with Crippen molar-refractivity contribution in [3.8, 4) is 0 Å². The molecule has 2 atom stereocenters. The van der Waals surface area contributed by atoms with Crippen molar-refractivity contribution in [3.05, 3.63) is 0 Å². The molecule has 0 aromatic carbocycles. The van der Waals surface area contributed by atoms with Crippen LogP contribution < -0.4 is 0 Å². The lowest BCUT2D eigenvalue weighted by atomic mass is 10.1. The zero-order valence-electron chi connectivity index (χ0n) is 8.11. The van der Waals surface area contributed by atoms with Crippen LogP contribution in [0.3, 0.4) is 0 Å². The largest absolute Gasteiger partial charge is 0.394 e. The van der Waals surface area contributed by atoms with Gasteiger partial charge in [-0.2, -0.15) is 0 Å². The van der Waals surface area contributed by atoms with E-state index in [1.54, 1.807) is 0 Å². The Hall–Kier alpha value is -0.120. The quantitative estimate of drug-likeness (QED) is 0.442. The second-order valence-electron chi connectivity index (χ2n) is 3.78. The van der Waals surface area contributed by atoms with Gasteiger partial charge in [-0.3, -0.25) is 0 Å². The van der Waals surface area contributed by atoms with Gasteiger partial charge < -0.3 is 14.9 Å². The van der Waals surface area contributed by atoms with Crippen LogP contribution in [0.4, 0.5) is 0 Å². The Kier molecular flexibility index (Phi) is 5.35. The zero-order valence-corrected chi connectivity index (χ0v) is 8.11. The van der Waals surface area contributed by atoms with Gasteiger partial charge >= 0.3 is 0 Å². The molecular formula is C10H20O3. The van der Waals surface area contributed by atoms with Gasteiger partial charge in [0.1, 0.15) is 0 Å². The molecule has 3 heteroatoms. The summed E-state index contributed by atoms with van der Waals surface area (Å²) < 4.78 is 5.10. The van der Waals surface area contributed by atoms with E-state index in [4.69, 9.17) is 14.9 Å². The molecule has 1 saturated heterocycles. The van der Waals surface area contributed by atoms with E-state index in [9.17, 15) is 0 Å². The Morgan fingerprint density at radius 1 is 1.23 bits per heavy atom. The van der Waals surface area contributed by atoms with Crippen LogP contribution in [0.1, 0.15) is 38.5 Å². The summed E-state index contributed by atoms with van der Waals surface area (Å²) in [5.41, 5.74) is 0. The highest BCUT2D eigenvalue weighted by Gasteiger charge is 2.20. The number of epoxide rings is 1. The van der Waals surface area contributed by atoms with Crippen molar-refractivity contribution in [3.63, 3.8) is 0 Å². The number of hydrogen-bond acceptors (Lipinski definition) is 3. The maximum absolute atomic E-state index is 9.04. The third kappa shape index (κ3) is 6.02. The van der Waals surface area contributed by atoms with Gasteiger partial charge in [0, 0.05) is 0 Å². The first-order valence-electron chi connectivity index (χ1n) is 5.23. The minimum atomic E-state index is -0.508. The number of rotatable bonds is 8. The highest BCUT2D eigenvalue weighted by Crippen LogP contribution is 2.17. The van der Waals surface area contributed by atoms with Crippen molar-refractivity contribution < 1.29 is 14.9 Å².